The third kappa shape index (κ3) is 2.62. The minimum absolute atomic E-state index is 0.915. The summed E-state index contributed by atoms with van der Waals surface area (Å²) in [5.74, 6) is 0. The highest BCUT2D eigenvalue weighted by molar-refractivity contribution is 5.25. The quantitative estimate of drug-likeness (QED) is 0.597. The normalized spacial score (nSPS) is 16.8. The first-order chi connectivity index (χ1) is 11.8. The monoisotopic (exact) mass is 319 g/mol. The summed E-state index contributed by atoms with van der Waals surface area (Å²) in [6.07, 6.45) is 6.19. The molecule has 5 heterocycles. The molecule has 0 atom stereocenters. The van der Waals surface area contributed by atoms with E-state index >= 15 is 0 Å². The van der Waals surface area contributed by atoms with E-state index in [1.165, 1.54) is 34.2 Å². The summed E-state index contributed by atoms with van der Waals surface area (Å²) >= 11 is 0. The van der Waals surface area contributed by atoms with Crippen LogP contribution in [0.1, 0.15) is 34.2 Å². The maximum atomic E-state index is 3.56. The van der Waals surface area contributed by atoms with Crippen molar-refractivity contribution in [3.8, 4) is 0 Å². The molecule has 0 unspecified atom stereocenters. The van der Waals surface area contributed by atoms with Crippen molar-refractivity contribution in [2.24, 2.45) is 0 Å². The Morgan fingerprint density at radius 1 is 0.542 bits per heavy atom. The molecule has 0 saturated heterocycles. The molecule has 0 aromatic carbocycles. The van der Waals surface area contributed by atoms with Gasteiger partial charge in [0.15, 0.2) is 0 Å². The second-order valence-corrected chi connectivity index (χ2v) is 6.81. The summed E-state index contributed by atoms with van der Waals surface area (Å²) in [7, 11) is 0. The lowest BCUT2D eigenvalue weighted by Gasteiger charge is -2.20. The molecular formula is C19H21N5. The Balaban J connectivity index is 1.48. The van der Waals surface area contributed by atoms with Gasteiger partial charge >= 0.3 is 0 Å². The molecule has 0 amide bonds. The van der Waals surface area contributed by atoms with Crippen LogP contribution in [0.25, 0.3) is 0 Å². The van der Waals surface area contributed by atoms with Crippen LogP contribution in [0.15, 0.2) is 48.8 Å². The minimum atomic E-state index is 0.915. The first kappa shape index (κ1) is 13.6. The van der Waals surface area contributed by atoms with Gasteiger partial charge in [0.05, 0.1) is 19.8 Å². The SMILES string of the molecule is C1=CN2Cc3ccc([nH]3)Cc3ccc([nH]3)Cc3ccc([nH]3)CN1C2. The van der Waals surface area contributed by atoms with E-state index in [0.29, 0.717) is 0 Å². The molecule has 5 heteroatoms. The summed E-state index contributed by atoms with van der Waals surface area (Å²) in [5.41, 5.74) is 7.55. The van der Waals surface area contributed by atoms with Crippen LogP contribution in [0.5, 0.6) is 0 Å². The third-order valence-corrected chi connectivity index (χ3v) is 4.78. The van der Waals surface area contributed by atoms with Gasteiger partial charge in [-0.1, -0.05) is 0 Å². The molecule has 122 valence electrons. The highest BCUT2D eigenvalue weighted by Gasteiger charge is 2.15. The molecule has 0 fully saturated rings. The number of nitrogens with zero attached hydrogens (tertiary/aromatic N) is 2. The highest BCUT2D eigenvalue weighted by Crippen LogP contribution is 2.18. The molecule has 5 rings (SSSR count). The number of aromatic amines is 3. The number of fused-ring (bicyclic) bond motifs is 8. The average molecular weight is 319 g/mol. The van der Waals surface area contributed by atoms with E-state index in [0.717, 1.165) is 32.6 Å². The lowest BCUT2D eigenvalue weighted by molar-refractivity contribution is 0.251. The zero-order valence-electron chi connectivity index (χ0n) is 13.5. The van der Waals surface area contributed by atoms with E-state index in [1.807, 2.05) is 0 Å². The third-order valence-electron chi connectivity index (χ3n) is 4.78. The number of H-pyrrole nitrogens is 3. The molecule has 0 aliphatic carbocycles. The number of nitrogens with one attached hydrogen (secondary N) is 3. The van der Waals surface area contributed by atoms with Crippen molar-refractivity contribution >= 4 is 0 Å². The molecule has 3 N–H and O–H groups in total. The van der Waals surface area contributed by atoms with Gasteiger partial charge in [0.25, 0.3) is 0 Å². The first-order valence-electron chi connectivity index (χ1n) is 8.47. The largest absolute Gasteiger partial charge is 0.362 e. The number of aromatic nitrogens is 3. The lowest BCUT2D eigenvalue weighted by Crippen LogP contribution is -2.25. The Morgan fingerprint density at radius 3 is 1.38 bits per heavy atom. The second-order valence-electron chi connectivity index (χ2n) is 6.81. The van der Waals surface area contributed by atoms with E-state index in [2.05, 4.69) is 73.5 Å². The fourth-order valence-electron chi connectivity index (χ4n) is 3.64. The minimum Gasteiger partial charge on any atom is -0.362 e. The fraction of sp³-hybridized carbons (Fsp3) is 0.263. The second kappa shape index (κ2) is 5.37. The van der Waals surface area contributed by atoms with E-state index in [9.17, 15) is 0 Å². The Labute approximate surface area is 141 Å². The van der Waals surface area contributed by atoms with Gasteiger partial charge in [-0.3, -0.25) is 0 Å². The van der Waals surface area contributed by atoms with Crippen molar-refractivity contribution in [3.05, 3.63) is 83.0 Å². The van der Waals surface area contributed by atoms with Crippen molar-refractivity contribution in [3.63, 3.8) is 0 Å². The average Bonchev–Trinajstić information content (AvgIpc) is 3.32. The van der Waals surface area contributed by atoms with E-state index in [4.69, 9.17) is 0 Å². The molecule has 5 nitrogen and oxygen atoms in total. The summed E-state index contributed by atoms with van der Waals surface area (Å²) in [4.78, 5) is 15.3. The van der Waals surface area contributed by atoms with E-state index in [-0.39, 0.29) is 0 Å². The molecule has 0 radical (unpaired) electrons. The summed E-state index contributed by atoms with van der Waals surface area (Å²) in [6.45, 7) is 2.76. The predicted octanol–water partition coefficient (Wildman–Crippen LogP) is 2.91. The molecule has 2 aliphatic heterocycles. The Bertz CT molecular complexity index is 812. The van der Waals surface area contributed by atoms with Gasteiger partial charge < -0.3 is 24.8 Å². The number of rotatable bonds is 0. The summed E-state index contributed by atoms with van der Waals surface area (Å²) in [6, 6.07) is 13.2. The summed E-state index contributed by atoms with van der Waals surface area (Å²) < 4.78 is 0. The van der Waals surface area contributed by atoms with Gasteiger partial charge in [0, 0.05) is 59.4 Å². The maximum Gasteiger partial charge on any atom is 0.0901 e. The molecule has 2 aliphatic rings. The number of hydrogen-bond donors (Lipinski definition) is 3. The predicted molar refractivity (Wildman–Crippen MR) is 93.1 cm³/mol. The van der Waals surface area contributed by atoms with Crippen LogP contribution in [0, 0.1) is 0 Å². The van der Waals surface area contributed by atoms with Gasteiger partial charge in [-0.15, -0.1) is 0 Å². The molecule has 0 saturated carbocycles. The van der Waals surface area contributed by atoms with Crippen LogP contribution in [0.4, 0.5) is 0 Å². The van der Waals surface area contributed by atoms with E-state index in [1.54, 1.807) is 0 Å². The van der Waals surface area contributed by atoms with Gasteiger partial charge in [0.1, 0.15) is 0 Å². The smallest absolute Gasteiger partial charge is 0.0901 e. The first-order valence-corrected chi connectivity index (χ1v) is 8.47. The van der Waals surface area contributed by atoms with Crippen molar-refractivity contribution < 1.29 is 0 Å². The van der Waals surface area contributed by atoms with Gasteiger partial charge in [-0.2, -0.15) is 0 Å². The Hall–Kier alpha value is -2.82. The van der Waals surface area contributed by atoms with Crippen LogP contribution < -0.4 is 0 Å². The van der Waals surface area contributed by atoms with Crippen molar-refractivity contribution in [1.29, 1.82) is 0 Å². The Morgan fingerprint density at radius 2 is 0.917 bits per heavy atom. The number of hydrogen-bond acceptors (Lipinski definition) is 2. The van der Waals surface area contributed by atoms with Gasteiger partial charge in [-0.05, 0) is 36.4 Å². The Kier molecular flexibility index (Phi) is 3.04. The highest BCUT2D eigenvalue weighted by atomic mass is 15.3. The summed E-state index contributed by atoms with van der Waals surface area (Å²) in [5, 5.41) is 0. The maximum absolute atomic E-state index is 3.56. The molecule has 24 heavy (non-hydrogen) atoms. The van der Waals surface area contributed by atoms with E-state index < -0.39 is 0 Å². The zero-order valence-corrected chi connectivity index (χ0v) is 13.5. The van der Waals surface area contributed by atoms with Crippen molar-refractivity contribution in [2.45, 2.75) is 25.9 Å². The topological polar surface area (TPSA) is 53.9 Å². The van der Waals surface area contributed by atoms with Crippen LogP contribution in [-0.4, -0.2) is 31.4 Å². The van der Waals surface area contributed by atoms with Crippen LogP contribution in [-0.2, 0) is 25.9 Å². The molecule has 8 bridgehead atoms. The molecule has 3 aromatic heterocycles. The van der Waals surface area contributed by atoms with Crippen molar-refractivity contribution in [2.75, 3.05) is 6.67 Å². The zero-order chi connectivity index (χ0) is 15.9. The van der Waals surface area contributed by atoms with Crippen molar-refractivity contribution in [1.82, 2.24) is 24.8 Å². The van der Waals surface area contributed by atoms with Gasteiger partial charge in [0.2, 0.25) is 0 Å². The molecule has 0 spiro atoms. The standard InChI is InChI=1S/C19H21N5/c1-2-15-10-17-4-6-19(22-17)12-24-8-7-23(13-24)11-18-5-3-16(21-18)9-14(1)20-15/h1-8,20-22H,9-13H2. The molecule has 3 aromatic rings. The lowest BCUT2D eigenvalue weighted by atomic mass is 10.2. The van der Waals surface area contributed by atoms with Crippen LogP contribution >= 0.6 is 0 Å². The van der Waals surface area contributed by atoms with Crippen LogP contribution in [0.2, 0.25) is 0 Å². The fourth-order valence-corrected chi connectivity index (χ4v) is 3.64. The van der Waals surface area contributed by atoms with Crippen LogP contribution in [0.3, 0.4) is 0 Å². The van der Waals surface area contributed by atoms with Gasteiger partial charge in [-0.25, -0.2) is 0 Å². The molecular weight excluding hydrogens is 298 g/mol.